The molecule has 0 radical (unpaired) electrons. The van der Waals surface area contributed by atoms with Gasteiger partial charge in [0.05, 0.1) is 13.2 Å². The maximum atomic E-state index is 5.42. The molecule has 2 aliphatic heterocycles. The number of ether oxygens (including phenoxy) is 1. The summed E-state index contributed by atoms with van der Waals surface area (Å²) in [5.74, 6) is 1.86. The fraction of sp³-hybridized carbons (Fsp3) is 0.550. The molecule has 2 fully saturated rings. The van der Waals surface area contributed by atoms with E-state index in [-0.39, 0.29) is 0 Å². The largest absolute Gasteiger partial charge is 0.378 e. The fourth-order valence-corrected chi connectivity index (χ4v) is 3.64. The van der Waals surface area contributed by atoms with Crippen LogP contribution in [-0.2, 0) is 11.2 Å². The van der Waals surface area contributed by atoms with Crippen LogP contribution in [0, 0.1) is 6.92 Å². The number of aromatic nitrogens is 3. The molecule has 144 valence electrons. The topological polar surface area (TPSA) is 57.6 Å². The van der Waals surface area contributed by atoms with Crippen LogP contribution in [0.3, 0.4) is 0 Å². The van der Waals surface area contributed by atoms with Crippen LogP contribution in [0.5, 0.6) is 0 Å². The van der Waals surface area contributed by atoms with Crippen LogP contribution in [0.25, 0.3) is 0 Å². The highest BCUT2D eigenvalue weighted by Gasteiger charge is 2.20. The summed E-state index contributed by atoms with van der Waals surface area (Å²) in [6, 6.07) is 8.29. The van der Waals surface area contributed by atoms with Gasteiger partial charge in [-0.1, -0.05) is 6.07 Å². The molecule has 0 unspecified atom stereocenters. The molecule has 0 amide bonds. The molecule has 0 aliphatic carbocycles. The van der Waals surface area contributed by atoms with Crippen LogP contribution in [-0.4, -0.2) is 78.9 Å². The molecule has 7 nitrogen and oxygen atoms in total. The van der Waals surface area contributed by atoms with Crippen LogP contribution in [0.4, 0.5) is 11.8 Å². The summed E-state index contributed by atoms with van der Waals surface area (Å²) in [5.41, 5.74) is 2.28. The molecule has 2 aromatic heterocycles. The van der Waals surface area contributed by atoms with Crippen LogP contribution in [0.15, 0.2) is 30.5 Å². The van der Waals surface area contributed by atoms with E-state index in [1.807, 2.05) is 12.3 Å². The van der Waals surface area contributed by atoms with E-state index in [0.29, 0.717) is 0 Å². The number of nitrogens with zero attached hydrogens (tertiary/aromatic N) is 6. The first-order valence-electron chi connectivity index (χ1n) is 9.83. The fourth-order valence-electron chi connectivity index (χ4n) is 3.64. The molecule has 4 heterocycles. The quantitative estimate of drug-likeness (QED) is 0.790. The van der Waals surface area contributed by atoms with Crippen LogP contribution >= 0.6 is 0 Å². The minimum atomic E-state index is 0.752. The van der Waals surface area contributed by atoms with Gasteiger partial charge in [0, 0.05) is 69.8 Å². The van der Waals surface area contributed by atoms with Gasteiger partial charge in [0.25, 0.3) is 0 Å². The Hall–Kier alpha value is -2.25. The van der Waals surface area contributed by atoms with Crippen molar-refractivity contribution in [3.63, 3.8) is 0 Å². The van der Waals surface area contributed by atoms with Gasteiger partial charge in [0.2, 0.25) is 5.95 Å². The van der Waals surface area contributed by atoms with Crippen LogP contribution < -0.4 is 9.80 Å². The second-order valence-electron chi connectivity index (χ2n) is 7.16. The SMILES string of the molecule is Cc1cccc(CCN2CCN(c3ccnc(N4CCOCC4)n3)CC2)n1. The number of rotatable bonds is 5. The summed E-state index contributed by atoms with van der Waals surface area (Å²) in [6.45, 7) is 10.5. The first-order chi connectivity index (χ1) is 13.3. The Morgan fingerprint density at radius 3 is 2.52 bits per heavy atom. The van der Waals surface area contributed by atoms with E-state index in [4.69, 9.17) is 9.72 Å². The van der Waals surface area contributed by atoms with Crippen molar-refractivity contribution in [1.29, 1.82) is 0 Å². The van der Waals surface area contributed by atoms with E-state index < -0.39 is 0 Å². The van der Waals surface area contributed by atoms with E-state index in [0.717, 1.165) is 82.9 Å². The lowest BCUT2D eigenvalue weighted by Gasteiger charge is -2.35. The van der Waals surface area contributed by atoms with Gasteiger partial charge < -0.3 is 14.5 Å². The summed E-state index contributed by atoms with van der Waals surface area (Å²) < 4.78 is 5.42. The van der Waals surface area contributed by atoms with E-state index in [9.17, 15) is 0 Å². The van der Waals surface area contributed by atoms with E-state index >= 15 is 0 Å². The summed E-state index contributed by atoms with van der Waals surface area (Å²) in [4.78, 5) is 21.0. The van der Waals surface area contributed by atoms with E-state index in [1.54, 1.807) is 0 Å². The van der Waals surface area contributed by atoms with Gasteiger partial charge in [0.15, 0.2) is 0 Å². The van der Waals surface area contributed by atoms with E-state index in [1.165, 1.54) is 5.69 Å². The third-order valence-electron chi connectivity index (χ3n) is 5.25. The molecule has 4 rings (SSSR count). The average molecular weight is 368 g/mol. The molecule has 0 saturated carbocycles. The highest BCUT2D eigenvalue weighted by Crippen LogP contribution is 2.17. The lowest BCUT2D eigenvalue weighted by Crippen LogP contribution is -2.47. The standard InChI is InChI=1S/C20H28N6O/c1-17-3-2-4-18(22-17)6-8-24-9-11-25(12-10-24)19-5-7-21-20(23-19)26-13-15-27-16-14-26/h2-5,7H,6,8-16H2,1H3. The predicted octanol–water partition coefficient (Wildman–Crippen LogP) is 1.38. The number of hydrogen-bond acceptors (Lipinski definition) is 7. The summed E-state index contributed by atoms with van der Waals surface area (Å²) in [6.07, 6.45) is 2.89. The van der Waals surface area contributed by atoms with Crippen molar-refractivity contribution >= 4 is 11.8 Å². The third kappa shape index (κ3) is 4.73. The Bertz CT molecular complexity index is 741. The number of piperazine rings is 1. The van der Waals surface area contributed by atoms with Gasteiger partial charge >= 0.3 is 0 Å². The van der Waals surface area contributed by atoms with Crippen molar-refractivity contribution in [2.24, 2.45) is 0 Å². The Morgan fingerprint density at radius 1 is 0.926 bits per heavy atom. The molecule has 0 bridgehead atoms. The molecule has 0 atom stereocenters. The van der Waals surface area contributed by atoms with Crippen molar-refractivity contribution in [1.82, 2.24) is 19.9 Å². The molecule has 2 saturated heterocycles. The highest BCUT2D eigenvalue weighted by atomic mass is 16.5. The second-order valence-corrected chi connectivity index (χ2v) is 7.16. The number of aryl methyl sites for hydroxylation is 1. The smallest absolute Gasteiger partial charge is 0.227 e. The molecular formula is C20H28N6O. The Morgan fingerprint density at radius 2 is 1.74 bits per heavy atom. The zero-order valence-corrected chi connectivity index (χ0v) is 16.0. The second kappa shape index (κ2) is 8.63. The van der Waals surface area contributed by atoms with Crippen molar-refractivity contribution < 1.29 is 4.74 Å². The van der Waals surface area contributed by atoms with Crippen molar-refractivity contribution in [2.75, 3.05) is 68.8 Å². The highest BCUT2D eigenvalue weighted by molar-refractivity contribution is 5.44. The van der Waals surface area contributed by atoms with Gasteiger partial charge in [-0.3, -0.25) is 9.88 Å². The van der Waals surface area contributed by atoms with Gasteiger partial charge in [-0.05, 0) is 25.1 Å². The minimum Gasteiger partial charge on any atom is -0.378 e. The van der Waals surface area contributed by atoms with Crippen LogP contribution in [0.1, 0.15) is 11.4 Å². The lowest BCUT2D eigenvalue weighted by atomic mass is 10.2. The molecule has 0 spiro atoms. The molecule has 2 aromatic rings. The van der Waals surface area contributed by atoms with Gasteiger partial charge in [-0.2, -0.15) is 4.98 Å². The summed E-state index contributed by atoms with van der Waals surface area (Å²) in [5, 5.41) is 0. The minimum absolute atomic E-state index is 0.752. The van der Waals surface area contributed by atoms with Gasteiger partial charge in [0.1, 0.15) is 5.82 Å². The molecule has 2 aliphatic rings. The maximum Gasteiger partial charge on any atom is 0.227 e. The first-order valence-corrected chi connectivity index (χ1v) is 9.83. The Kier molecular flexibility index (Phi) is 5.79. The van der Waals surface area contributed by atoms with Crippen molar-refractivity contribution in [3.05, 3.63) is 41.9 Å². The Balaban J connectivity index is 1.30. The van der Waals surface area contributed by atoms with Gasteiger partial charge in [-0.25, -0.2) is 4.98 Å². The zero-order valence-electron chi connectivity index (χ0n) is 16.0. The molecule has 7 heteroatoms. The number of morpholine rings is 1. The third-order valence-corrected chi connectivity index (χ3v) is 5.25. The van der Waals surface area contributed by atoms with Crippen LogP contribution in [0.2, 0.25) is 0 Å². The van der Waals surface area contributed by atoms with Gasteiger partial charge in [-0.15, -0.1) is 0 Å². The normalized spacial score (nSPS) is 18.7. The van der Waals surface area contributed by atoms with Crippen molar-refractivity contribution in [2.45, 2.75) is 13.3 Å². The summed E-state index contributed by atoms with van der Waals surface area (Å²) in [7, 11) is 0. The molecule has 27 heavy (non-hydrogen) atoms. The van der Waals surface area contributed by atoms with Crippen molar-refractivity contribution in [3.8, 4) is 0 Å². The zero-order chi connectivity index (χ0) is 18.5. The number of hydrogen-bond donors (Lipinski definition) is 0. The predicted molar refractivity (Wildman–Crippen MR) is 106 cm³/mol. The van der Waals surface area contributed by atoms with E-state index in [2.05, 4.69) is 49.8 Å². The number of pyridine rings is 1. The number of anilines is 2. The molecule has 0 aromatic carbocycles. The molecule has 0 N–H and O–H groups in total. The molecular weight excluding hydrogens is 340 g/mol. The average Bonchev–Trinajstić information content (AvgIpc) is 2.73. The Labute approximate surface area is 161 Å². The lowest BCUT2D eigenvalue weighted by molar-refractivity contribution is 0.122. The summed E-state index contributed by atoms with van der Waals surface area (Å²) >= 11 is 0. The monoisotopic (exact) mass is 368 g/mol. The maximum absolute atomic E-state index is 5.42. The first kappa shape index (κ1) is 18.1.